The molecular formula is C18H41N5O. The molecule has 0 radical (unpaired) electrons. The Morgan fingerprint density at radius 2 is 0.750 bits per heavy atom. The van der Waals surface area contributed by atoms with Crippen molar-refractivity contribution >= 4 is 0 Å². The molecule has 0 saturated carbocycles. The van der Waals surface area contributed by atoms with Crippen LogP contribution in [-0.4, -0.2) is 76.7 Å². The third kappa shape index (κ3) is 15.3. The van der Waals surface area contributed by atoms with Gasteiger partial charge in [0, 0.05) is 26.2 Å². The third-order valence-corrected chi connectivity index (χ3v) is 4.43. The molecule has 6 heteroatoms. The fourth-order valence-corrected chi connectivity index (χ4v) is 2.84. The number of hydrogen-bond acceptors (Lipinski definition) is 6. The van der Waals surface area contributed by atoms with Crippen LogP contribution < -0.4 is 26.6 Å². The summed E-state index contributed by atoms with van der Waals surface area (Å²) in [6.45, 7) is 11.5. The molecule has 0 aromatic carbocycles. The molecule has 4 saturated heterocycles. The number of nitrogens with one attached hydrogen (secondary N) is 5. The summed E-state index contributed by atoms with van der Waals surface area (Å²) in [4.78, 5) is 0. The van der Waals surface area contributed by atoms with Crippen molar-refractivity contribution in [2.75, 3.05) is 65.4 Å². The molecule has 4 aliphatic heterocycles. The van der Waals surface area contributed by atoms with E-state index in [1.807, 2.05) is 0 Å². The molecule has 4 rings (SSSR count). The van der Waals surface area contributed by atoms with Crippen molar-refractivity contribution in [3.63, 3.8) is 0 Å². The molecule has 0 unspecified atom stereocenters. The highest BCUT2D eigenvalue weighted by molar-refractivity contribution is 4.65. The number of hydrogen-bond donors (Lipinski definition) is 6. The highest BCUT2D eigenvalue weighted by atomic mass is 16.3. The Morgan fingerprint density at radius 1 is 0.417 bits per heavy atom. The van der Waals surface area contributed by atoms with E-state index in [2.05, 4.69) is 26.6 Å². The van der Waals surface area contributed by atoms with Gasteiger partial charge in [-0.25, -0.2) is 0 Å². The van der Waals surface area contributed by atoms with Gasteiger partial charge in [0.2, 0.25) is 0 Å². The van der Waals surface area contributed by atoms with E-state index in [1.54, 1.807) is 0 Å². The number of piperidine rings is 2. The van der Waals surface area contributed by atoms with Gasteiger partial charge < -0.3 is 31.7 Å². The van der Waals surface area contributed by atoms with Gasteiger partial charge in [0.05, 0.1) is 6.10 Å². The Morgan fingerprint density at radius 3 is 0.958 bits per heavy atom. The molecule has 0 amide bonds. The first-order valence-electron chi connectivity index (χ1n) is 10.1. The Bertz CT molecular complexity index is 195. The number of rotatable bonds is 0. The van der Waals surface area contributed by atoms with Gasteiger partial charge in [-0.1, -0.05) is 6.42 Å². The third-order valence-electron chi connectivity index (χ3n) is 4.43. The van der Waals surface area contributed by atoms with Crippen molar-refractivity contribution in [1.82, 2.24) is 26.6 Å². The van der Waals surface area contributed by atoms with Crippen LogP contribution in [0, 0.1) is 0 Å². The van der Waals surface area contributed by atoms with Gasteiger partial charge in [0.1, 0.15) is 0 Å². The average Bonchev–Trinajstić information content (AvgIpc) is 3.26. The van der Waals surface area contributed by atoms with Crippen LogP contribution >= 0.6 is 0 Å². The SMILES string of the molecule is C1CCNC1.C1CCNCC1.C1CNCCN1.OC1CCNCC1. The highest BCUT2D eigenvalue weighted by Gasteiger charge is 2.06. The first-order valence-corrected chi connectivity index (χ1v) is 10.1. The molecule has 0 aliphatic carbocycles. The fraction of sp³-hybridized carbons (Fsp3) is 1.00. The summed E-state index contributed by atoms with van der Waals surface area (Å²) in [5.41, 5.74) is 0. The molecule has 4 aliphatic rings. The molecule has 0 bridgehead atoms. The first-order chi connectivity index (χ1) is 11.9. The molecule has 0 aromatic heterocycles. The van der Waals surface area contributed by atoms with Crippen molar-refractivity contribution < 1.29 is 5.11 Å². The molecular weight excluding hydrogens is 302 g/mol. The zero-order valence-electron chi connectivity index (χ0n) is 15.5. The first kappa shape index (κ1) is 21.8. The summed E-state index contributed by atoms with van der Waals surface area (Å²) < 4.78 is 0. The van der Waals surface area contributed by atoms with Gasteiger partial charge in [-0.05, 0) is 77.8 Å². The Kier molecular flexibility index (Phi) is 16.0. The molecule has 6 nitrogen and oxygen atoms in total. The summed E-state index contributed by atoms with van der Waals surface area (Å²) in [5.74, 6) is 0. The molecule has 24 heavy (non-hydrogen) atoms. The standard InChI is InChI=1S/C5H11NO.C5H11N.C4H10N2.C4H9N/c7-5-1-3-6-4-2-5;1-2-4-6-5-3-1;1-2-6-4-3-5-1;1-2-4-5-3-1/h5-7H,1-4H2;6H,1-5H2;5-6H,1-4H2;5H,1-4H2. The number of aliphatic hydroxyl groups excluding tert-OH is 1. The Labute approximate surface area is 148 Å². The normalized spacial score (nSPS) is 24.4. The van der Waals surface area contributed by atoms with Crippen molar-refractivity contribution in [1.29, 1.82) is 0 Å². The van der Waals surface area contributed by atoms with Crippen LogP contribution in [0.25, 0.3) is 0 Å². The van der Waals surface area contributed by atoms with Gasteiger partial charge in [0.25, 0.3) is 0 Å². The molecule has 4 fully saturated rings. The van der Waals surface area contributed by atoms with Crippen molar-refractivity contribution in [2.45, 2.75) is 51.0 Å². The lowest BCUT2D eigenvalue weighted by Crippen LogP contribution is -2.39. The van der Waals surface area contributed by atoms with E-state index in [1.165, 1.54) is 58.3 Å². The predicted molar refractivity (Wildman–Crippen MR) is 103 cm³/mol. The average molecular weight is 344 g/mol. The van der Waals surface area contributed by atoms with Crippen LogP contribution in [0.1, 0.15) is 44.9 Å². The zero-order valence-corrected chi connectivity index (χ0v) is 15.5. The summed E-state index contributed by atoms with van der Waals surface area (Å²) in [6, 6.07) is 0. The quantitative estimate of drug-likeness (QED) is 0.373. The van der Waals surface area contributed by atoms with Gasteiger partial charge in [0.15, 0.2) is 0 Å². The second kappa shape index (κ2) is 17.6. The largest absolute Gasteiger partial charge is 0.393 e. The molecule has 0 atom stereocenters. The van der Waals surface area contributed by atoms with E-state index in [9.17, 15) is 0 Å². The summed E-state index contributed by atoms with van der Waals surface area (Å²) >= 11 is 0. The lowest BCUT2D eigenvalue weighted by Gasteiger charge is -2.16. The van der Waals surface area contributed by atoms with Gasteiger partial charge in [-0.15, -0.1) is 0 Å². The lowest BCUT2D eigenvalue weighted by molar-refractivity contribution is 0.137. The van der Waals surface area contributed by atoms with Gasteiger partial charge in [-0.3, -0.25) is 0 Å². The van der Waals surface area contributed by atoms with E-state index < -0.39 is 0 Å². The maximum Gasteiger partial charge on any atom is 0.0564 e. The summed E-state index contributed by atoms with van der Waals surface area (Å²) in [6.07, 6.45) is 8.83. The monoisotopic (exact) mass is 343 g/mol. The summed E-state index contributed by atoms with van der Waals surface area (Å²) in [5, 5.41) is 25.0. The van der Waals surface area contributed by atoms with Crippen molar-refractivity contribution in [3.05, 3.63) is 0 Å². The fourth-order valence-electron chi connectivity index (χ4n) is 2.84. The summed E-state index contributed by atoms with van der Waals surface area (Å²) in [7, 11) is 0. The van der Waals surface area contributed by atoms with Crippen LogP contribution in [-0.2, 0) is 0 Å². The van der Waals surface area contributed by atoms with Crippen LogP contribution in [0.2, 0.25) is 0 Å². The van der Waals surface area contributed by atoms with Gasteiger partial charge in [-0.2, -0.15) is 0 Å². The topological polar surface area (TPSA) is 80.4 Å². The minimum atomic E-state index is -0.0266. The van der Waals surface area contributed by atoms with Gasteiger partial charge >= 0.3 is 0 Å². The minimum absolute atomic E-state index is 0.0266. The number of piperazine rings is 1. The molecule has 0 spiro atoms. The van der Waals surface area contributed by atoms with E-state index >= 15 is 0 Å². The van der Waals surface area contributed by atoms with Crippen molar-refractivity contribution in [3.8, 4) is 0 Å². The van der Waals surface area contributed by atoms with Crippen LogP contribution in [0.3, 0.4) is 0 Å². The zero-order chi connectivity index (χ0) is 17.1. The van der Waals surface area contributed by atoms with E-state index in [4.69, 9.17) is 5.11 Å². The van der Waals surface area contributed by atoms with Crippen LogP contribution in [0.4, 0.5) is 0 Å². The Balaban J connectivity index is 0.000000161. The maximum absolute atomic E-state index is 8.87. The molecule has 4 heterocycles. The predicted octanol–water partition coefficient (Wildman–Crippen LogP) is 0.0396. The lowest BCUT2D eigenvalue weighted by atomic mass is 10.1. The smallest absolute Gasteiger partial charge is 0.0564 e. The molecule has 0 aromatic rings. The van der Waals surface area contributed by atoms with Crippen LogP contribution in [0.15, 0.2) is 0 Å². The van der Waals surface area contributed by atoms with Crippen molar-refractivity contribution in [2.24, 2.45) is 0 Å². The molecule has 6 N–H and O–H groups in total. The van der Waals surface area contributed by atoms with E-state index in [0.29, 0.717) is 0 Å². The minimum Gasteiger partial charge on any atom is -0.393 e. The second-order valence-corrected chi connectivity index (χ2v) is 6.75. The second-order valence-electron chi connectivity index (χ2n) is 6.75. The van der Waals surface area contributed by atoms with E-state index in [0.717, 1.165) is 52.1 Å². The Hall–Kier alpha value is -0.240. The van der Waals surface area contributed by atoms with E-state index in [-0.39, 0.29) is 6.10 Å². The highest BCUT2D eigenvalue weighted by Crippen LogP contribution is 1.99. The number of aliphatic hydroxyl groups is 1. The van der Waals surface area contributed by atoms with Crippen LogP contribution in [0.5, 0.6) is 0 Å². The molecule has 144 valence electrons. The maximum atomic E-state index is 8.87.